The van der Waals surface area contributed by atoms with Gasteiger partial charge < -0.3 is 20.1 Å². The van der Waals surface area contributed by atoms with Crippen molar-refractivity contribution in [2.45, 2.75) is 12.2 Å². The van der Waals surface area contributed by atoms with E-state index >= 15 is 0 Å². The lowest BCUT2D eigenvalue weighted by atomic mass is 9.80. The van der Waals surface area contributed by atoms with E-state index in [2.05, 4.69) is 0 Å². The fourth-order valence-corrected chi connectivity index (χ4v) is 1.63. The van der Waals surface area contributed by atoms with Gasteiger partial charge in [-0.15, -0.1) is 0 Å². The molecule has 0 spiro atoms. The van der Waals surface area contributed by atoms with Gasteiger partial charge in [-0.3, -0.25) is 9.59 Å². The number of carboxylic acid groups (broad SMARTS) is 2. The number of carbonyl (C=O) groups is 2. The molecule has 0 aromatic carbocycles. The number of aliphatic carboxylic acids is 2. The first-order valence-electron chi connectivity index (χ1n) is 4.33. The lowest BCUT2D eigenvalue weighted by Crippen LogP contribution is -2.46. The Hall–Kier alpha value is -1.40. The number of methoxy groups -OCH3 is 1. The zero-order valence-electron chi connectivity index (χ0n) is 8.03. The Morgan fingerprint density at radius 1 is 1.20 bits per heavy atom. The van der Waals surface area contributed by atoms with Crippen molar-refractivity contribution in [1.29, 1.82) is 0 Å². The number of hydrogen-bond acceptors (Lipinski definition) is 4. The Morgan fingerprint density at radius 2 is 1.80 bits per heavy atom. The van der Waals surface area contributed by atoms with E-state index in [1.165, 1.54) is 19.3 Å². The number of hydrogen-bond donors (Lipinski definition) is 3. The zero-order valence-corrected chi connectivity index (χ0v) is 8.03. The van der Waals surface area contributed by atoms with Crippen LogP contribution < -0.4 is 0 Å². The molecular formula is C9H12O6. The first-order valence-corrected chi connectivity index (χ1v) is 4.33. The average molecular weight is 216 g/mol. The smallest absolute Gasteiger partial charge is 0.311 e. The van der Waals surface area contributed by atoms with Crippen LogP contribution in [0.5, 0.6) is 0 Å². The van der Waals surface area contributed by atoms with Crippen LogP contribution in [0.15, 0.2) is 12.2 Å². The molecule has 6 nitrogen and oxygen atoms in total. The van der Waals surface area contributed by atoms with Gasteiger partial charge >= 0.3 is 11.9 Å². The molecule has 0 unspecified atom stereocenters. The predicted octanol–water partition coefficient (Wildman–Crippen LogP) is -0.666. The largest absolute Gasteiger partial charge is 0.481 e. The number of ether oxygens (including phenoxy) is 1. The SMILES string of the molecule is CO[C@H]1C=C[C@@H](C(=O)O)[C@H](C(=O)O)[C@@H]1O. The highest BCUT2D eigenvalue weighted by atomic mass is 16.5. The maximum atomic E-state index is 10.8. The van der Waals surface area contributed by atoms with Crippen LogP contribution in [0.4, 0.5) is 0 Å². The molecule has 4 atom stereocenters. The van der Waals surface area contributed by atoms with Crippen LogP contribution in [0.3, 0.4) is 0 Å². The summed E-state index contributed by atoms with van der Waals surface area (Å²) in [5.74, 6) is -5.21. The highest BCUT2D eigenvalue weighted by molar-refractivity contribution is 5.82. The second kappa shape index (κ2) is 4.41. The van der Waals surface area contributed by atoms with Crippen molar-refractivity contribution in [2.24, 2.45) is 11.8 Å². The topological polar surface area (TPSA) is 104 Å². The summed E-state index contributed by atoms with van der Waals surface area (Å²) in [5.41, 5.74) is 0. The van der Waals surface area contributed by atoms with E-state index < -0.39 is 36.0 Å². The van der Waals surface area contributed by atoms with Gasteiger partial charge in [0.05, 0.1) is 12.0 Å². The molecule has 1 rings (SSSR count). The van der Waals surface area contributed by atoms with Gasteiger partial charge in [-0.25, -0.2) is 0 Å². The Bertz CT molecular complexity index is 297. The van der Waals surface area contributed by atoms with E-state index in [0.717, 1.165) is 0 Å². The molecule has 84 valence electrons. The van der Waals surface area contributed by atoms with Crippen LogP contribution >= 0.6 is 0 Å². The Balaban J connectivity index is 3.00. The third-order valence-electron chi connectivity index (χ3n) is 2.44. The lowest BCUT2D eigenvalue weighted by Gasteiger charge is -2.31. The summed E-state index contributed by atoms with van der Waals surface area (Å²) in [5, 5.41) is 27.2. The zero-order chi connectivity index (χ0) is 11.6. The standard InChI is InChI=1S/C9H12O6/c1-15-5-3-2-4(8(11)12)6(7(5)10)9(13)14/h2-7,10H,1H3,(H,11,12)(H,13,14)/t4-,5+,6+,7-/m1/s1. The molecule has 0 radical (unpaired) electrons. The maximum Gasteiger partial charge on any atom is 0.311 e. The van der Waals surface area contributed by atoms with Crippen molar-refractivity contribution < 1.29 is 29.6 Å². The quantitative estimate of drug-likeness (QED) is 0.541. The van der Waals surface area contributed by atoms with Crippen LogP contribution in [0.25, 0.3) is 0 Å². The van der Waals surface area contributed by atoms with Crippen LogP contribution in [-0.4, -0.2) is 46.6 Å². The summed E-state index contributed by atoms with van der Waals surface area (Å²) < 4.78 is 4.82. The summed E-state index contributed by atoms with van der Waals surface area (Å²) >= 11 is 0. The Morgan fingerprint density at radius 3 is 2.20 bits per heavy atom. The second-order valence-electron chi connectivity index (χ2n) is 3.30. The van der Waals surface area contributed by atoms with Gasteiger partial charge in [0.15, 0.2) is 0 Å². The van der Waals surface area contributed by atoms with Crippen LogP contribution in [0.1, 0.15) is 0 Å². The predicted molar refractivity (Wildman–Crippen MR) is 48.2 cm³/mol. The summed E-state index contributed by atoms with van der Waals surface area (Å²) in [6.07, 6.45) is 0.477. The van der Waals surface area contributed by atoms with Crippen LogP contribution in [-0.2, 0) is 14.3 Å². The van der Waals surface area contributed by atoms with Crippen molar-refractivity contribution in [3.8, 4) is 0 Å². The minimum Gasteiger partial charge on any atom is -0.481 e. The average Bonchev–Trinajstić information content (AvgIpc) is 2.16. The molecule has 0 saturated heterocycles. The van der Waals surface area contributed by atoms with Crippen molar-refractivity contribution in [2.75, 3.05) is 7.11 Å². The molecule has 1 aliphatic rings. The molecular weight excluding hydrogens is 204 g/mol. The normalized spacial score (nSPS) is 35.1. The molecule has 0 fully saturated rings. The summed E-state index contributed by atoms with van der Waals surface area (Å²) in [6.45, 7) is 0. The van der Waals surface area contributed by atoms with Gasteiger partial charge in [0.2, 0.25) is 0 Å². The molecule has 0 saturated carbocycles. The molecule has 0 aromatic heterocycles. The first-order chi connectivity index (χ1) is 6.99. The maximum absolute atomic E-state index is 10.8. The van der Waals surface area contributed by atoms with E-state index in [9.17, 15) is 14.7 Å². The summed E-state index contributed by atoms with van der Waals surface area (Å²) in [7, 11) is 1.32. The number of carboxylic acids is 2. The molecule has 0 heterocycles. The van der Waals surface area contributed by atoms with Crippen molar-refractivity contribution in [3.63, 3.8) is 0 Å². The van der Waals surface area contributed by atoms with Crippen molar-refractivity contribution in [1.82, 2.24) is 0 Å². The van der Waals surface area contributed by atoms with Gasteiger partial charge in [0, 0.05) is 7.11 Å². The van der Waals surface area contributed by atoms with Crippen LogP contribution in [0.2, 0.25) is 0 Å². The van der Waals surface area contributed by atoms with E-state index in [4.69, 9.17) is 14.9 Å². The van der Waals surface area contributed by atoms with E-state index in [-0.39, 0.29) is 0 Å². The van der Waals surface area contributed by atoms with Gasteiger partial charge in [-0.2, -0.15) is 0 Å². The molecule has 3 N–H and O–H groups in total. The lowest BCUT2D eigenvalue weighted by molar-refractivity contribution is -0.160. The Labute approximate surface area is 85.8 Å². The second-order valence-corrected chi connectivity index (χ2v) is 3.30. The van der Waals surface area contributed by atoms with Gasteiger partial charge in [0.1, 0.15) is 12.0 Å². The van der Waals surface area contributed by atoms with Gasteiger partial charge in [-0.05, 0) is 0 Å². The molecule has 0 aromatic rings. The Kier molecular flexibility index (Phi) is 3.43. The number of aliphatic hydroxyl groups excluding tert-OH is 1. The van der Waals surface area contributed by atoms with Gasteiger partial charge in [-0.1, -0.05) is 12.2 Å². The molecule has 0 amide bonds. The highest BCUT2D eigenvalue weighted by Crippen LogP contribution is 2.27. The number of rotatable bonds is 3. The van der Waals surface area contributed by atoms with Gasteiger partial charge in [0.25, 0.3) is 0 Å². The third kappa shape index (κ3) is 2.16. The third-order valence-corrected chi connectivity index (χ3v) is 2.44. The molecule has 0 bridgehead atoms. The minimum atomic E-state index is -1.38. The van der Waals surface area contributed by atoms with Crippen LogP contribution in [0, 0.1) is 11.8 Å². The molecule has 1 aliphatic carbocycles. The fraction of sp³-hybridized carbons (Fsp3) is 0.556. The van der Waals surface area contributed by atoms with Crippen molar-refractivity contribution in [3.05, 3.63) is 12.2 Å². The van der Waals surface area contributed by atoms with E-state index in [1.54, 1.807) is 0 Å². The molecule has 6 heteroatoms. The molecule has 0 aliphatic heterocycles. The minimum absolute atomic E-state index is 0.776. The van der Waals surface area contributed by atoms with Crippen molar-refractivity contribution >= 4 is 11.9 Å². The monoisotopic (exact) mass is 216 g/mol. The van der Waals surface area contributed by atoms with E-state index in [1.807, 2.05) is 0 Å². The summed E-state index contributed by atoms with van der Waals surface area (Å²) in [4.78, 5) is 21.6. The first kappa shape index (κ1) is 11.7. The van der Waals surface area contributed by atoms with E-state index in [0.29, 0.717) is 0 Å². The number of aliphatic hydroxyl groups is 1. The fourth-order valence-electron chi connectivity index (χ4n) is 1.63. The summed E-state index contributed by atoms with van der Waals surface area (Å²) in [6, 6.07) is 0. The highest BCUT2D eigenvalue weighted by Gasteiger charge is 2.43. The molecule has 15 heavy (non-hydrogen) atoms.